The first-order valence-corrected chi connectivity index (χ1v) is 6.61. The van der Waals surface area contributed by atoms with E-state index in [0.29, 0.717) is 12.4 Å². The summed E-state index contributed by atoms with van der Waals surface area (Å²) < 4.78 is 7.39. The van der Waals surface area contributed by atoms with Gasteiger partial charge in [-0.05, 0) is 32.9 Å². The van der Waals surface area contributed by atoms with E-state index < -0.39 is 5.60 Å². The Bertz CT molecular complexity index is 576. The number of hydrogen-bond donors (Lipinski definition) is 1. The van der Waals surface area contributed by atoms with Crippen LogP contribution in [0.15, 0.2) is 42.6 Å². The van der Waals surface area contributed by atoms with E-state index in [1.54, 1.807) is 30.8 Å². The Morgan fingerprint density at radius 3 is 2.65 bits per heavy atom. The third-order valence-electron chi connectivity index (χ3n) is 2.83. The number of rotatable bonds is 5. The SMILES string of the molecule is CCNC(=O)C(C)(C)Oc1ccn(-c2ccccc2)n1. The average Bonchev–Trinajstić information content (AvgIpc) is 2.88. The van der Waals surface area contributed by atoms with Crippen LogP contribution in [0.1, 0.15) is 20.8 Å². The molecule has 1 heterocycles. The lowest BCUT2D eigenvalue weighted by atomic mass is 10.1. The van der Waals surface area contributed by atoms with Gasteiger partial charge >= 0.3 is 0 Å². The van der Waals surface area contributed by atoms with Gasteiger partial charge in [0.15, 0.2) is 5.60 Å². The first-order chi connectivity index (χ1) is 9.53. The summed E-state index contributed by atoms with van der Waals surface area (Å²) in [5, 5.41) is 7.07. The van der Waals surface area contributed by atoms with E-state index in [4.69, 9.17) is 4.74 Å². The molecule has 0 atom stereocenters. The summed E-state index contributed by atoms with van der Waals surface area (Å²) in [6.45, 7) is 5.89. The lowest BCUT2D eigenvalue weighted by molar-refractivity contribution is -0.134. The van der Waals surface area contributed by atoms with Crippen molar-refractivity contribution >= 4 is 5.91 Å². The number of likely N-dealkylation sites (N-methyl/N-ethyl adjacent to an activating group) is 1. The predicted octanol–water partition coefficient (Wildman–Crippen LogP) is 2.17. The first-order valence-electron chi connectivity index (χ1n) is 6.61. The molecule has 106 valence electrons. The Morgan fingerprint density at radius 2 is 2.00 bits per heavy atom. The Hall–Kier alpha value is -2.30. The Morgan fingerprint density at radius 1 is 1.30 bits per heavy atom. The van der Waals surface area contributed by atoms with Gasteiger partial charge in [-0.2, -0.15) is 0 Å². The molecule has 0 fully saturated rings. The van der Waals surface area contributed by atoms with Gasteiger partial charge in [-0.1, -0.05) is 18.2 Å². The van der Waals surface area contributed by atoms with Crippen molar-refractivity contribution in [1.82, 2.24) is 15.1 Å². The quantitative estimate of drug-likeness (QED) is 0.908. The van der Waals surface area contributed by atoms with Crippen LogP contribution in [-0.4, -0.2) is 27.8 Å². The second-order valence-electron chi connectivity index (χ2n) is 4.91. The molecule has 0 unspecified atom stereocenters. The van der Waals surface area contributed by atoms with Crippen LogP contribution in [0.2, 0.25) is 0 Å². The molecule has 0 saturated carbocycles. The summed E-state index contributed by atoms with van der Waals surface area (Å²) in [5.74, 6) is 0.263. The number of nitrogens with zero attached hydrogens (tertiary/aromatic N) is 2. The van der Waals surface area contributed by atoms with Crippen LogP contribution in [-0.2, 0) is 4.79 Å². The molecule has 0 radical (unpaired) electrons. The number of nitrogens with one attached hydrogen (secondary N) is 1. The molecule has 5 nitrogen and oxygen atoms in total. The number of hydrogen-bond acceptors (Lipinski definition) is 3. The third kappa shape index (κ3) is 3.17. The van der Waals surface area contributed by atoms with Crippen molar-refractivity contribution in [3.63, 3.8) is 0 Å². The summed E-state index contributed by atoms with van der Waals surface area (Å²) in [5.41, 5.74) is -0.00975. The first kappa shape index (κ1) is 14.1. The Balaban J connectivity index is 2.12. The van der Waals surface area contributed by atoms with Crippen LogP contribution >= 0.6 is 0 Å². The summed E-state index contributed by atoms with van der Waals surface area (Å²) >= 11 is 0. The summed E-state index contributed by atoms with van der Waals surface area (Å²) in [7, 11) is 0. The predicted molar refractivity (Wildman–Crippen MR) is 77.0 cm³/mol. The van der Waals surface area contributed by atoms with E-state index >= 15 is 0 Å². The highest BCUT2D eigenvalue weighted by Crippen LogP contribution is 2.18. The molecule has 0 aliphatic rings. The molecule has 20 heavy (non-hydrogen) atoms. The van der Waals surface area contributed by atoms with Crippen LogP contribution in [0.5, 0.6) is 5.88 Å². The van der Waals surface area contributed by atoms with E-state index in [9.17, 15) is 4.79 Å². The number of carbonyl (C=O) groups is 1. The van der Waals surface area contributed by atoms with Gasteiger partial charge in [0.2, 0.25) is 5.88 Å². The second-order valence-corrected chi connectivity index (χ2v) is 4.91. The zero-order valence-electron chi connectivity index (χ0n) is 12.0. The monoisotopic (exact) mass is 273 g/mol. The molecule has 0 bridgehead atoms. The molecule has 2 aromatic rings. The maximum absolute atomic E-state index is 11.9. The lowest BCUT2D eigenvalue weighted by Gasteiger charge is -2.23. The minimum Gasteiger partial charge on any atom is -0.460 e. The van der Waals surface area contributed by atoms with Crippen LogP contribution in [0, 0.1) is 0 Å². The molecule has 0 aliphatic heterocycles. The summed E-state index contributed by atoms with van der Waals surface area (Å²) in [4.78, 5) is 11.9. The van der Waals surface area contributed by atoms with E-state index in [1.165, 1.54) is 0 Å². The number of carbonyl (C=O) groups excluding carboxylic acids is 1. The molecule has 1 aromatic carbocycles. The smallest absolute Gasteiger partial charge is 0.263 e. The molecule has 0 saturated heterocycles. The average molecular weight is 273 g/mol. The molecule has 2 rings (SSSR count). The standard InChI is InChI=1S/C15H19N3O2/c1-4-16-14(19)15(2,3)20-13-10-11-18(17-13)12-8-6-5-7-9-12/h5-11H,4H2,1-3H3,(H,16,19). The fourth-order valence-corrected chi connectivity index (χ4v) is 1.77. The van der Waals surface area contributed by atoms with Gasteiger partial charge in [-0.3, -0.25) is 4.79 Å². The third-order valence-corrected chi connectivity index (χ3v) is 2.83. The van der Waals surface area contributed by atoms with Gasteiger partial charge in [-0.15, -0.1) is 5.10 Å². The minimum atomic E-state index is -0.952. The number of benzene rings is 1. The fourth-order valence-electron chi connectivity index (χ4n) is 1.77. The van der Waals surface area contributed by atoms with Gasteiger partial charge < -0.3 is 10.1 Å². The number of ether oxygens (including phenoxy) is 1. The molecule has 1 N–H and O–H groups in total. The number of para-hydroxylation sites is 1. The van der Waals surface area contributed by atoms with E-state index in [2.05, 4.69) is 10.4 Å². The minimum absolute atomic E-state index is 0.158. The topological polar surface area (TPSA) is 56.1 Å². The van der Waals surface area contributed by atoms with Gasteiger partial charge in [0, 0.05) is 18.8 Å². The highest BCUT2D eigenvalue weighted by molar-refractivity contribution is 5.84. The zero-order chi connectivity index (χ0) is 14.6. The van der Waals surface area contributed by atoms with Gasteiger partial charge in [0.1, 0.15) is 0 Å². The van der Waals surface area contributed by atoms with Crippen molar-refractivity contribution in [3.05, 3.63) is 42.6 Å². The number of amides is 1. The fraction of sp³-hybridized carbons (Fsp3) is 0.333. The van der Waals surface area contributed by atoms with Crippen LogP contribution in [0.4, 0.5) is 0 Å². The summed E-state index contributed by atoms with van der Waals surface area (Å²) in [6.07, 6.45) is 1.80. The second kappa shape index (κ2) is 5.77. The van der Waals surface area contributed by atoms with E-state index in [1.807, 2.05) is 37.3 Å². The number of aromatic nitrogens is 2. The van der Waals surface area contributed by atoms with Crippen LogP contribution in [0.25, 0.3) is 5.69 Å². The van der Waals surface area contributed by atoms with Crippen LogP contribution < -0.4 is 10.1 Å². The highest BCUT2D eigenvalue weighted by atomic mass is 16.5. The molecule has 0 spiro atoms. The Kier molecular flexibility index (Phi) is 4.08. The maximum Gasteiger partial charge on any atom is 0.263 e. The largest absolute Gasteiger partial charge is 0.460 e. The molecular formula is C15H19N3O2. The molecule has 5 heteroatoms. The van der Waals surface area contributed by atoms with Crippen molar-refractivity contribution < 1.29 is 9.53 Å². The highest BCUT2D eigenvalue weighted by Gasteiger charge is 2.30. The van der Waals surface area contributed by atoms with Crippen molar-refractivity contribution in [2.45, 2.75) is 26.4 Å². The molecule has 1 amide bonds. The van der Waals surface area contributed by atoms with E-state index in [0.717, 1.165) is 5.69 Å². The van der Waals surface area contributed by atoms with Crippen molar-refractivity contribution in [3.8, 4) is 11.6 Å². The molecular weight excluding hydrogens is 254 g/mol. The van der Waals surface area contributed by atoms with Crippen molar-refractivity contribution in [2.24, 2.45) is 0 Å². The Labute approximate surface area is 118 Å². The van der Waals surface area contributed by atoms with E-state index in [-0.39, 0.29) is 5.91 Å². The zero-order valence-corrected chi connectivity index (χ0v) is 12.0. The van der Waals surface area contributed by atoms with Gasteiger partial charge in [0.05, 0.1) is 5.69 Å². The van der Waals surface area contributed by atoms with Crippen molar-refractivity contribution in [1.29, 1.82) is 0 Å². The van der Waals surface area contributed by atoms with Crippen molar-refractivity contribution in [2.75, 3.05) is 6.54 Å². The molecule has 0 aliphatic carbocycles. The van der Waals surface area contributed by atoms with Crippen LogP contribution in [0.3, 0.4) is 0 Å². The van der Waals surface area contributed by atoms with Gasteiger partial charge in [-0.25, -0.2) is 4.68 Å². The lowest BCUT2D eigenvalue weighted by Crippen LogP contribution is -2.46. The maximum atomic E-state index is 11.9. The summed E-state index contributed by atoms with van der Waals surface area (Å²) in [6, 6.07) is 11.5. The normalized spacial score (nSPS) is 11.2. The molecule has 1 aromatic heterocycles. The van der Waals surface area contributed by atoms with Gasteiger partial charge in [0.25, 0.3) is 5.91 Å².